The molecule has 118 valence electrons. The van der Waals surface area contributed by atoms with Gasteiger partial charge in [0.15, 0.2) is 6.29 Å². The Morgan fingerprint density at radius 1 is 1.09 bits per heavy atom. The van der Waals surface area contributed by atoms with Crippen molar-refractivity contribution in [3.05, 3.63) is 59.7 Å². The van der Waals surface area contributed by atoms with Gasteiger partial charge in [-0.25, -0.2) is 0 Å². The lowest BCUT2D eigenvalue weighted by Crippen LogP contribution is -2.15. The number of aliphatic hydroxyl groups is 2. The first-order valence-electron chi connectivity index (χ1n) is 7.98. The standard InChI is InChI=1S/C19H20N2O2/c20-15-10-9-14-18-13(15)7-4-8-16(18)21(11-17(22)23)19(14)12-5-2-1-3-6-12/h1-8,15,17,22-23H,9-11,20H2. The first-order valence-corrected chi connectivity index (χ1v) is 7.98. The molecule has 0 fully saturated rings. The van der Waals surface area contributed by atoms with Crippen LogP contribution in [0.4, 0.5) is 0 Å². The molecule has 1 atom stereocenters. The van der Waals surface area contributed by atoms with Crippen molar-refractivity contribution in [2.75, 3.05) is 0 Å². The van der Waals surface area contributed by atoms with Gasteiger partial charge in [-0.15, -0.1) is 0 Å². The minimum atomic E-state index is -1.39. The van der Waals surface area contributed by atoms with Gasteiger partial charge in [-0.1, -0.05) is 42.5 Å². The number of nitrogens with zero attached hydrogens (tertiary/aromatic N) is 1. The van der Waals surface area contributed by atoms with Crippen LogP contribution in [0.1, 0.15) is 23.6 Å². The van der Waals surface area contributed by atoms with Crippen LogP contribution >= 0.6 is 0 Å². The molecule has 4 rings (SSSR count). The van der Waals surface area contributed by atoms with Crippen LogP contribution in [0.5, 0.6) is 0 Å². The van der Waals surface area contributed by atoms with E-state index >= 15 is 0 Å². The summed E-state index contributed by atoms with van der Waals surface area (Å²) in [6.07, 6.45) is 0.435. The molecule has 1 heterocycles. The summed E-state index contributed by atoms with van der Waals surface area (Å²) in [6.45, 7) is 0.152. The zero-order valence-corrected chi connectivity index (χ0v) is 12.8. The monoisotopic (exact) mass is 308 g/mol. The highest BCUT2D eigenvalue weighted by atomic mass is 16.5. The Morgan fingerprint density at radius 2 is 1.87 bits per heavy atom. The number of aromatic nitrogens is 1. The van der Waals surface area contributed by atoms with E-state index in [2.05, 4.69) is 18.2 Å². The van der Waals surface area contributed by atoms with Gasteiger partial charge >= 0.3 is 0 Å². The maximum atomic E-state index is 9.57. The van der Waals surface area contributed by atoms with E-state index in [1.807, 2.05) is 34.9 Å². The topological polar surface area (TPSA) is 71.4 Å². The molecular weight excluding hydrogens is 288 g/mol. The zero-order chi connectivity index (χ0) is 16.0. The van der Waals surface area contributed by atoms with E-state index < -0.39 is 6.29 Å². The summed E-state index contributed by atoms with van der Waals surface area (Å²) >= 11 is 0. The Balaban J connectivity index is 2.08. The predicted molar refractivity (Wildman–Crippen MR) is 90.8 cm³/mol. The van der Waals surface area contributed by atoms with Crippen molar-refractivity contribution in [2.45, 2.75) is 31.7 Å². The SMILES string of the molecule is NC1CCc2c(-c3ccccc3)n(CC(O)O)c3cccc1c23. The molecule has 1 aliphatic carbocycles. The minimum Gasteiger partial charge on any atom is -0.367 e. The van der Waals surface area contributed by atoms with Crippen molar-refractivity contribution in [3.63, 3.8) is 0 Å². The molecule has 3 aromatic rings. The van der Waals surface area contributed by atoms with Crippen LogP contribution in [0.25, 0.3) is 22.2 Å². The summed E-state index contributed by atoms with van der Waals surface area (Å²) in [5, 5.41) is 20.3. The van der Waals surface area contributed by atoms with Gasteiger partial charge in [-0.3, -0.25) is 0 Å². The van der Waals surface area contributed by atoms with Crippen molar-refractivity contribution < 1.29 is 10.2 Å². The van der Waals surface area contributed by atoms with Crippen LogP contribution < -0.4 is 5.73 Å². The van der Waals surface area contributed by atoms with Gasteiger partial charge in [0, 0.05) is 16.9 Å². The van der Waals surface area contributed by atoms with Crippen LogP contribution in [0, 0.1) is 0 Å². The molecule has 1 aliphatic rings. The first kappa shape index (κ1) is 14.5. The number of aryl methyl sites for hydroxylation is 1. The summed E-state index contributed by atoms with van der Waals surface area (Å²) in [5.74, 6) is 0. The lowest BCUT2D eigenvalue weighted by Gasteiger charge is -2.20. The Hall–Kier alpha value is -2.14. The van der Waals surface area contributed by atoms with Gasteiger partial charge in [0.2, 0.25) is 0 Å². The molecule has 1 aromatic heterocycles. The summed E-state index contributed by atoms with van der Waals surface area (Å²) in [4.78, 5) is 0. The molecule has 0 aliphatic heterocycles. The summed E-state index contributed by atoms with van der Waals surface area (Å²) < 4.78 is 2.02. The molecule has 4 heteroatoms. The number of benzene rings is 2. The minimum absolute atomic E-state index is 0.0460. The van der Waals surface area contributed by atoms with Crippen molar-refractivity contribution in [2.24, 2.45) is 5.73 Å². The highest BCUT2D eigenvalue weighted by Gasteiger charge is 2.26. The average molecular weight is 308 g/mol. The molecule has 4 N–H and O–H groups in total. The lowest BCUT2D eigenvalue weighted by molar-refractivity contribution is -0.0502. The van der Waals surface area contributed by atoms with Crippen LogP contribution in [0.3, 0.4) is 0 Å². The van der Waals surface area contributed by atoms with Crippen molar-refractivity contribution in [1.82, 2.24) is 4.57 Å². The van der Waals surface area contributed by atoms with E-state index in [0.717, 1.165) is 35.2 Å². The van der Waals surface area contributed by atoms with Crippen LogP contribution in [0.2, 0.25) is 0 Å². The second-order valence-corrected chi connectivity index (χ2v) is 6.17. The Kier molecular flexibility index (Phi) is 3.45. The van der Waals surface area contributed by atoms with E-state index in [4.69, 9.17) is 5.73 Å². The number of nitrogens with two attached hydrogens (primary N) is 1. The van der Waals surface area contributed by atoms with Crippen LogP contribution in [-0.2, 0) is 13.0 Å². The van der Waals surface area contributed by atoms with Crippen molar-refractivity contribution >= 4 is 10.9 Å². The molecule has 0 spiro atoms. The summed E-state index contributed by atoms with van der Waals surface area (Å²) in [7, 11) is 0. The van der Waals surface area contributed by atoms with E-state index in [1.165, 1.54) is 10.9 Å². The molecule has 23 heavy (non-hydrogen) atoms. The highest BCUT2D eigenvalue weighted by Crippen LogP contribution is 2.42. The van der Waals surface area contributed by atoms with Gasteiger partial charge in [0.05, 0.1) is 12.2 Å². The van der Waals surface area contributed by atoms with Gasteiger partial charge in [-0.05, 0) is 35.6 Å². The maximum Gasteiger partial charge on any atom is 0.169 e. The third kappa shape index (κ3) is 2.27. The van der Waals surface area contributed by atoms with Crippen molar-refractivity contribution in [1.29, 1.82) is 0 Å². The van der Waals surface area contributed by atoms with Crippen molar-refractivity contribution in [3.8, 4) is 11.3 Å². The summed E-state index contributed by atoms with van der Waals surface area (Å²) in [5.41, 5.74) is 11.9. The molecule has 1 unspecified atom stereocenters. The van der Waals surface area contributed by atoms with E-state index in [-0.39, 0.29) is 12.6 Å². The second-order valence-electron chi connectivity index (χ2n) is 6.17. The normalized spacial score (nSPS) is 17.1. The number of hydrogen-bond donors (Lipinski definition) is 3. The van der Waals surface area contributed by atoms with E-state index in [1.54, 1.807) is 0 Å². The molecule has 4 nitrogen and oxygen atoms in total. The van der Waals surface area contributed by atoms with Gasteiger partial charge in [0.1, 0.15) is 0 Å². The third-order valence-electron chi connectivity index (χ3n) is 4.72. The fourth-order valence-corrected chi connectivity index (χ4v) is 3.80. The predicted octanol–water partition coefficient (Wildman–Crippen LogP) is 2.57. The molecular formula is C19H20N2O2. The Labute approximate surface area is 134 Å². The smallest absolute Gasteiger partial charge is 0.169 e. The first-order chi connectivity index (χ1) is 11.2. The number of hydrogen-bond acceptors (Lipinski definition) is 3. The van der Waals surface area contributed by atoms with Crippen LogP contribution in [0.15, 0.2) is 48.5 Å². The van der Waals surface area contributed by atoms with Gasteiger partial charge in [0.25, 0.3) is 0 Å². The molecule has 0 radical (unpaired) electrons. The highest BCUT2D eigenvalue weighted by molar-refractivity contribution is 5.95. The number of aliphatic hydroxyl groups excluding tert-OH is 1. The largest absolute Gasteiger partial charge is 0.367 e. The zero-order valence-electron chi connectivity index (χ0n) is 12.8. The molecule has 2 aromatic carbocycles. The Bertz CT molecular complexity index is 853. The van der Waals surface area contributed by atoms with Gasteiger partial charge in [-0.2, -0.15) is 0 Å². The molecule has 0 saturated heterocycles. The lowest BCUT2D eigenvalue weighted by atomic mass is 9.87. The fourth-order valence-electron chi connectivity index (χ4n) is 3.80. The molecule has 0 bridgehead atoms. The number of rotatable bonds is 3. The molecule has 0 saturated carbocycles. The maximum absolute atomic E-state index is 9.57. The van der Waals surface area contributed by atoms with E-state index in [9.17, 15) is 10.2 Å². The third-order valence-corrected chi connectivity index (χ3v) is 4.72. The summed E-state index contributed by atoms with van der Waals surface area (Å²) in [6, 6.07) is 16.3. The Morgan fingerprint density at radius 3 is 2.61 bits per heavy atom. The quantitative estimate of drug-likeness (QED) is 0.651. The second kappa shape index (κ2) is 5.49. The van der Waals surface area contributed by atoms with Crippen LogP contribution in [-0.4, -0.2) is 21.1 Å². The van der Waals surface area contributed by atoms with E-state index in [0.29, 0.717) is 0 Å². The molecule has 0 amide bonds. The van der Waals surface area contributed by atoms with Gasteiger partial charge < -0.3 is 20.5 Å². The average Bonchev–Trinajstić information content (AvgIpc) is 2.86. The fraction of sp³-hybridized carbons (Fsp3) is 0.263.